The molecule has 90 valence electrons. The van der Waals surface area contributed by atoms with Crippen LogP contribution < -0.4 is 10.6 Å². The Kier molecular flexibility index (Phi) is 4.02. The van der Waals surface area contributed by atoms with Gasteiger partial charge < -0.3 is 15.1 Å². The highest BCUT2D eigenvalue weighted by Gasteiger charge is 2.19. The van der Waals surface area contributed by atoms with Gasteiger partial charge in [0.15, 0.2) is 0 Å². The monoisotopic (exact) mass is 222 g/mol. The van der Waals surface area contributed by atoms with Gasteiger partial charge in [0.05, 0.1) is 6.54 Å². The first-order chi connectivity index (χ1) is 7.75. The standard InChI is InChI=1S/C13H22N2O/c1-10-4-3-7-15-13(10)9-14-8-12-6-5-11(2)16-12/h5-6,10,13-15H,3-4,7-9H2,1-2H3. The number of furan rings is 1. The van der Waals surface area contributed by atoms with Gasteiger partial charge in [-0.15, -0.1) is 0 Å². The zero-order valence-corrected chi connectivity index (χ0v) is 10.3. The molecule has 0 bridgehead atoms. The Hall–Kier alpha value is -0.800. The second-order valence-corrected chi connectivity index (χ2v) is 4.82. The smallest absolute Gasteiger partial charge is 0.117 e. The fourth-order valence-corrected chi connectivity index (χ4v) is 2.32. The Bertz CT molecular complexity index is 321. The first-order valence-corrected chi connectivity index (χ1v) is 6.25. The lowest BCUT2D eigenvalue weighted by Crippen LogP contribution is -2.46. The van der Waals surface area contributed by atoms with Crippen LogP contribution in [0.1, 0.15) is 31.3 Å². The Morgan fingerprint density at radius 3 is 3.06 bits per heavy atom. The van der Waals surface area contributed by atoms with Crippen LogP contribution in [0.3, 0.4) is 0 Å². The Morgan fingerprint density at radius 2 is 2.38 bits per heavy atom. The third-order valence-electron chi connectivity index (χ3n) is 3.39. The molecule has 0 aromatic carbocycles. The third-order valence-corrected chi connectivity index (χ3v) is 3.39. The number of hydrogen-bond donors (Lipinski definition) is 2. The lowest BCUT2D eigenvalue weighted by atomic mass is 9.93. The van der Waals surface area contributed by atoms with E-state index in [-0.39, 0.29) is 0 Å². The molecule has 16 heavy (non-hydrogen) atoms. The maximum absolute atomic E-state index is 5.52. The zero-order valence-electron chi connectivity index (χ0n) is 10.3. The zero-order chi connectivity index (χ0) is 11.4. The van der Waals surface area contributed by atoms with Crippen LogP contribution in [0.2, 0.25) is 0 Å². The van der Waals surface area contributed by atoms with Crippen molar-refractivity contribution in [2.24, 2.45) is 5.92 Å². The number of nitrogens with one attached hydrogen (secondary N) is 2. The molecule has 2 N–H and O–H groups in total. The highest BCUT2D eigenvalue weighted by atomic mass is 16.3. The van der Waals surface area contributed by atoms with Crippen LogP contribution in [0.15, 0.2) is 16.5 Å². The topological polar surface area (TPSA) is 37.2 Å². The number of piperidine rings is 1. The molecule has 1 aliphatic rings. The largest absolute Gasteiger partial charge is 0.465 e. The van der Waals surface area contributed by atoms with Gasteiger partial charge in [-0.25, -0.2) is 0 Å². The Morgan fingerprint density at radius 1 is 1.50 bits per heavy atom. The third kappa shape index (κ3) is 3.09. The van der Waals surface area contributed by atoms with E-state index in [2.05, 4.69) is 17.6 Å². The summed E-state index contributed by atoms with van der Waals surface area (Å²) in [7, 11) is 0. The van der Waals surface area contributed by atoms with Crippen LogP contribution >= 0.6 is 0 Å². The van der Waals surface area contributed by atoms with Crippen molar-refractivity contribution in [2.45, 2.75) is 39.3 Å². The van der Waals surface area contributed by atoms with E-state index in [0.717, 1.165) is 37.1 Å². The minimum Gasteiger partial charge on any atom is -0.465 e. The summed E-state index contributed by atoms with van der Waals surface area (Å²) in [6.07, 6.45) is 2.66. The lowest BCUT2D eigenvalue weighted by molar-refractivity contribution is 0.287. The quantitative estimate of drug-likeness (QED) is 0.819. The van der Waals surface area contributed by atoms with Crippen molar-refractivity contribution in [3.8, 4) is 0 Å². The predicted octanol–water partition coefficient (Wildman–Crippen LogP) is 2.07. The summed E-state index contributed by atoms with van der Waals surface area (Å²) in [6, 6.07) is 4.67. The summed E-state index contributed by atoms with van der Waals surface area (Å²) >= 11 is 0. The van der Waals surface area contributed by atoms with Crippen LogP contribution in [-0.4, -0.2) is 19.1 Å². The van der Waals surface area contributed by atoms with Crippen LogP contribution in [0.4, 0.5) is 0 Å². The molecular formula is C13H22N2O. The summed E-state index contributed by atoms with van der Waals surface area (Å²) in [5, 5.41) is 7.03. The van der Waals surface area contributed by atoms with E-state index in [9.17, 15) is 0 Å². The van der Waals surface area contributed by atoms with Crippen molar-refractivity contribution in [2.75, 3.05) is 13.1 Å². The molecule has 3 heteroatoms. The SMILES string of the molecule is Cc1ccc(CNCC2NCCCC2C)o1. The molecule has 3 nitrogen and oxygen atoms in total. The van der Waals surface area contributed by atoms with Gasteiger partial charge in [0.2, 0.25) is 0 Å². The Labute approximate surface area is 97.6 Å². The van der Waals surface area contributed by atoms with Crippen molar-refractivity contribution < 1.29 is 4.42 Å². The van der Waals surface area contributed by atoms with Gasteiger partial charge in [-0.3, -0.25) is 0 Å². The molecule has 0 saturated carbocycles. The molecule has 1 fully saturated rings. The maximum Gasteiger partial charge on any atom is 0.117 e. The molecule has 1 aromatic rings. The highest BCUT2D eigenvalue weighted by Crippen LogP contribution is 2.15. The van der Waals surface area contributed by atoms with E-state index in [1.807, 2.05) is 19.1 Å². The molecular weight excluding hydrogens is 200 g/mol. The molecule has 2 unspecified atom stereocenters. The minimum atomic E-state index is 0.616. The first kappa shape index (κ1) is 11.7. The Balaban J connectivity index is 1.71. The van der Waals surface area contributed by atoms with Crippen molar-refractivity contribution in [3.63, 3.8) is 0 Å². The second-order valence-electron chi connectivity index (χ2n) is 4.82. The van der Waals surface area contributed by atoms with Crippen LogP contribution in [0.25, 0.3) is 0 Å². The summed E-state index contributed by atoms with van der Waals surface area (Å²) in [6.45, 7) is 7.33. The number of hydrogen-bond acceptors (Lipinski definition) is 3. The van der Waals surface area contributed by atoms with Crippen molar-refractivity contribution in [1.82, 2.24) is 10.6 Å². The van der Waals surface area contributed by atoms with Crippen molar-refractivity contribution in [3.05, 3.63) is 23.7 Å². The molecule has 2 rings (SSSR count). The summed E-state index contributed by atoms with van der Waals surface area (Å²) < 4.78 is 5.52. The van der Waals surface area contributed by atoms with Gasteiger partial charge in [-0.1, -0.05) is 6.92 Å². The first-order valence-electron chi connectivity index (χ1n) is 6.25. The second kappa shape index (κ2) is 5.51. The van der Waals surface area contributed by atoms with Crippen molar-refractivity contribution in [1.29, 1.82) is 0 Å². The average molecular weight is 222 g/mol. The van der Waals surface area contributed by atoms with Crippen LogP contribution in [0, 0.1) is 12.8 Å². The molecule has 0 aliphatic carbocycles. The van der Waals surface area contributed by atoms with E-state index in [0.29, 0.717) is 6.04 Å². The number of rotatable bonds is 4. The fraction of sp³-hybridized carbons (Fsp3) is 0.692. The van der Waals surface area contributed by atoms with E-state index >= 15 is 0 Å². The fourth-order valence-electron chi connectivity index (χ4n) is 2.32. The average Bonchev–Trinajstić information content (AvgIpc) is 2.67. The number of aryl methyl sites for hydroxylation is 1. The summed E-state index contributed by atoms with van der Waals surface area (Å²) in [4.78, 5) is 0. The van der Waals surface area contributed by atoms with Gasteiger partial charge in [0.1, 0.15) is 11.5 Å². The maximum atomic E-state index is 5.52. The molecule has 1 aliphatic heterocycles. The van der Waals surface area contributed by atoms with Crippen LogP contribution in [0.5, 0.6) is 0 Å². The predicted molar refractivity (Wildman–Crippen MR) is 65.3 cm³/mol. The van der Waals surface area contributed by atoms with Gasteiger partial charge in [-0.2, -0.15) is 0 Å². The summed E-state index contributed by atoms with van der Waals surface area (Å²) in [5.41, 5.74) is 0. The van der Waals surface area contributed by atoms with Crippen LogP contribution in [-0.2, 0) is 6.54 Å². The van der Waals surface area contributed by atoms with E-state index in [1.54, 1.807) is 0 Å². The van der Waals surface area contributed by atoms with E-state index < -0.39 is 0 Å². The molecule has 2 atom stereocenters. The molecule has 0 radical (unpaired) electrons. The molecule has 1 aromatic heterocycles. The van der Waals surface area contributed by atoms with Crippen molar-refractivity contribution >= 4 is 0 Å². The van der Waals surface area contributed by atoms with Gasteiger partial charge in [-0.05, 0) is 44.4 Å². The van der Waals surface area contributed by atoms with Gasteiger partial charge >= 0.3 is 0 Å². The van der Waals surface area contributed by atoms with Gasteiger partial charge in [0, 0.05) is 12.6 Å². The molecule has 1 saturated heterocycles. The minimum absolute atomic E-state index is 0.616. The lowest BCUT2D eigenvalue weighted by Gasteiger charge is -2.30. The normalized spacial score (nSPS) is 25.9. The van der Waals surface area contributed by atoms with Gasteiger partial charge in [0.25, 0.3) is 0 Å². The van der Waals surface area contributed by atoms with E-state index in [1.165, 1.54) is 12.8 Å². The molecule has 2 heterocycles. The van der Waals surface area contributed by atoms with E-state index in [4.69, 9.17) is 4.42 Å². The molecule has 0 spiro atoms. The molecule has 0 amide bonds. The summed E-state index contributed by atoms with van der Waals surface area (Å²) in [5.74, 6) is 2.79. The highest BCUT2D eigenvalue weighted by molar-refractivity contribution is 5.05.